The third-order valence-electron chi connectivity index (χ3n) is 4.72. The second kappa shape index (κ2) is 10.8. The first-order valence-corrected chi connectivity index (χ1v) is 10.5. The number of methoxy groups -OCH3 is 1. The van der Waals surface area contributed by atoms with Crippen molar-refractivity contribution in [1.82, 2.24) is 5.43 Å². The van der Waals surface area contributed by atoms with Gasteiger partial charge in [0.15, 0.2) is 23.7 Å². The molecule has 3 N–H and O–H groups in total. The van der Waals surface area contributed by atoms with E-state index in [0.717, 1.165) is 0 Å². The summed E-state index contributed by atoms with van der Waals surface area (Å²) in [5, 5.41) is 24.2. The van der Waals surface area contributed by atoms with Gasteiger partial charge in [-0.15, -0.1) is 0 Å². The number of hydrogen-bond acceptors (Lipinski definition) is 6. The molecule has 9 heteroatoms. The molecule has 33 heavy (non-hydrogen) atoms. The Morgan fingerprint density at radius 2 is 1.61 bits per heavy atom. The Morgan fingerprint density at radius 3 is 2.12 bits per heavy atom. The van der Waals surface area contributed by atoms with Crippen molar-refractivity contribution in [3.05, 3.63) is 94.0 Å². The first-order chi connectivity index (χ1) is 15.9. The summed E-state index contributed by atoms with van der Waals surface area (Å²) >= 11 is 3.36. The average Bonchev–Trinajstić information content (AvgIpc) is 2.84. The highest BCUT2D eigenvalue weighted by molar-refractivity contribution is 9.10. The maximum atomic E-state index is 13.1. The van der Waals surface area contributed by atoms with Gasteiger partial charge in [-0.2, -0.15) is 5.10 Å². The summed E-state index contributed by atoms with van der Waals surface area (Å²) in [4.78, 5) is 23.8. The molecule has 0 unspecified atom stereocenters. The molecule has 3 rings (SSSR count). The number of benzene rings is 3. The van der Waals surface area contributed by atoms with Crippen LogP contribution < -0.4 is 14.9 Å². The largest absolute Gasteiger partial charge is 0.493 e. The Bertz CT molecular complexity index is 1110. The van der Waals surface area contributed by atoms with Gasteiger partial charge < -0.3 is 19.7 Å². The number of hydrazone groups is 1. The zero-order valence-electron chi connectivity index (χ0n) is 17.6. The molecule has 0 aliphatic rings. The number of aliphatic hydroxyl groups is 1. The highest BCUT2D eigenvalue weighted by Crippen LogP contribution is 2.33. The van der Waals surface area contributed by atoms with Crippen molar-refractivity contribution in [2.75, 3.05) is 13.7 Å². The number of carboxylic acid groups (broad SMARTS) is 1. The molecular weight excluding hydrogens is 492 g/mol. The Balaban J connectivity index is 1.85. The molecule has 1 amide bonds. The molecule has 0 fully saturated rings. The number of nitrogens with one attached hydrogen (secondary N) is 1. The van der Waals surface area contributed by atoms with E-state index in [1.54, 1.807) is 66.7 Å². The lowest BCUT2D eigenvalue weighted by Gasteiger charge is -2.27. The molecular formula is C24H21BrN2O6. The molecule has 0 saturated heterocycles. The van der Waals surface area contributed by atoms with Gasteiger partial charge in [-0.05, 0) is 39.2 Å². The lowest BCUT2D eigenvalue weighted by Crippen LogP contribution is -2.43. The van der Waals surface area contributed by atoms with Gasteiger partial charge in [-0.1, -0.05) is 60.7 Å². The van der Waals surface area contributed by atoms with Crippen LogP contribution in [-0.2, 0) is 15.2 Å². The number of hydrogen-bond donors (Lipinski definition) is 3. The predicted molar refractivity (Wildman–Crippen MR) is 125 cm³/mol. The van der Waals surface area contributed by atoms with Gasteiger partial charge in [0, 0.05) is 10.0 Å². The van der Waals surface area contributed by atoms with Crippen LogP contribution in [0, 0.1) is 0 Å². The molecule has 170 valence electrons. The zero-order chi connectivity index (χ0) is 23.8. The summed E-state index contributed by atoms with van der Waals surface area (Å²) in [6, 6.07) is 20.3. The summed E-state index contributed by atoms with van der Waals surface area (Å²) in [6.45, 7) is -0.524. The zero-order valence-corrected chi connectivity index (χ0v) is 19.2. The molecule has 0 atom stereocenters. The van der Waals surface area contributed by atoms with E-state index >= 15 is 0 Å². The van der Waals surface area contributed by atoms with Gasteiger partial charge >= 0.3 is 5.97 Å². The average molecular weight is 513 g/mol. The van der Waals surface area contributed by atoms with Gasteiger partial charge in [0.1, 0.15) is 0 Å². The molecule has 0 aliphatic carbocycles. The van der Waals surface area contributed by atoms with E-state index in [4.69, 9.17) is 14.6 Å². The third-order valence-corrected chi connectivity index (χ3v) is 5.40. The quantitative estimate of drug-likeness (QED) is 0.299. The highest BCUT2D eigenvalue weighted by atomic mass is 79.9. The number of ether oxygens (including phenoxy) is 2. The van der Waals surface area contributed by atoms with Crippen LogP contribution in [-0.4, -0.2) is 42.0 Å². The van der Waals surface area contributed by atoms with E-state index in [1.807, 2.05) is 0 Å². The molecule has 0 radical (unpaired) electrons. The monoisotopic (exact) mass is 512 g/mol. The van der Waals surface area contributed by atoms with Crippen LogP contribution in [0.15, 0.2) is 82.4 Å². The van der Waals surface area contributed by atoms with Crippen LogP contribution in [0.3, 0.4) is 0 Å². The molecule has 0 aromatic heterocycles. The van der Waals surface area contributed by atoms with E-state index < -0.39 is 24.1 Å². The standard InChI is InChI=1S/C24H21BrN2O6/c1-32-20-12-16(19(25)13-21(20)33-15-22(28)29)14-26-27-23(30)24(31,17-8-4-2-5-9-17)18-10-6-3-7-11-18/h2-14,31H,15H2,1H3,(H,27,30)(H,28,29)/b26-14+. The van der Waals surface area contributed by atoms with Gasteiger partial charge in [0.25, 0.3) is 5.91 Å². The van der Waals surface area contributed by atoms with Crippen molar-refractivity contribution >= 4 is 34.0 Å². The van der Waals surface area contributed by atoms with E-state index in [0.29, 0.717) is 21.2 Å². The summed E-state index contributed by atoms with van der Waals surface area (Å²) in [7, 11) is 1.42. The maximum Gasteiger partial charge on any atom is 0.341 e. The number of nitrogens with zero attached hydrogens (tertiary/aromatic N) is 1. The second-order valence-electron chi connectivity index (χ2n) is 6.85. The Morgan fingerprint density at radius 1 is 1.03 bits per heavy atom. The Kier molecular flexibility index (Phi) is 7.81. The summed E-state index contributed by atoms with van der Waals surface area (Å²) < 4.78 is 11.0. The first kappa shape index (κ1) is 24.0. The van der Waals surface area contributed by atoms with Crippen molar-refractivity contribution < 1.29 is 29.3 Å². The number of carboxylic acids is 1. The first-order valence-electron chi connectivity index (χ1n) is 9.75. The van der Waals surface area contributed by atoms with Crippen LogP contribution in [0.5, 0.6) is 11.5 Å². The van der Waals surface area contributed by atoms with Crippen LogP contribution in [0.1, 0.15) is 16.7 Å². The summed E-state index contributed by atoms with van der Waals surface area (Å²) in [5.74, 6) is -1.33. The fourth-order valence-corrected chi connectivity index (χ4v) is 3.52. The van der Waals surface area contributed by atoms with Crippen molar-refractivity contribution in [2.45, 2.75) is 5.60 Å². The lowest BCUT2D eigenvalue weighted by atomic mass is 9.85. The topological polar surface area (TPSA) is 117 Å². The fraction of sp³-hybridized carbons (Fsp3) is 0.125. The molecule has 0 spiro atoms. The van der Waals surface area contributed by atoms with Gasteiger partial charge in [-0.3, -0.25) is 4.79 Å². The SMILES string of the molecule is COc1cc(/C=N/NC(=O)C(O)(c2ccccc2)c2ccccc2)c(Br)cc1OCC(=O)O. The van der Waals surface area contributed by atoms with Crippen LogP contribution >= 0.6 is 15.9 Å². The summed E-state index contributed by atoms with van der Waals surface area (Å²) in [5.41, 5.74) is 1.76. The van der Waals surface area contributed by atoms with E-state index in [-0.39, 0.29) is 11.5 Å². The van der Waals surface area contributed by atoms with Crippen molar-refractivity contribution in [3.8, 4) is 11.5 Å². The minimum atomic E-state index is -1.96. The number of aliphatic carboxylic acids is 1. The molecule has 0 aliphatic heterocycles. The number of amides is 1. The maximum absolute atomic E-state index is 13.1. The van der Waals surface area contributed by atoms with E-state index in [2.05, 4.69) is 26.5 Å². The van der Waals surface area contributed by atoms with Gasteiger partial charge in [0.2, 0.25) is 0 Å². The van der Waals surface area contributed by atoms with Gasteiger partial charge in [-0.25, -0.2) is 10.2 Å². The van der Waals surface area contributed by atoms with Crippen molar-refractivity contribution in [2.24, 2.45) is 5.10 Å². The molecule has 0 heterocycles. The molecule has 0 saturated carbocycles. The molecule has 3 aromatic rings. The van der Waals surface area contributed by atoms with E-state index in [9.17, 15) is 14.7 Å². The van der Waals surface area contributed by atoms with Crippen LogP contribution in [0.2, 0.25) is 0 Å². The minimum absolute atomic E-state index is 0.232. The van der Waals surface area contributed by atoms with Gasteiger partial charge in [0.05, 0.1) is 13.3 Å². The number of carbonyl (C=O) groups is 2. The molecule has 8 nitrogen and oxygen atoms in total. The number of halogens is 1. The van der Waals surface area contributed by atoms with E-state index in [1.165, 1.54) is 19.4 Å². The minimum Gasteiger partial charge on any atom is -0.493 e. The Hall–Kier alpha value is -3.69. The molecule has 0 bridgehead atoms. The third kappa shape index (κ3) is 5.57. The lowest BCUT2D eigenvalue weighted by molar-refractivity contribution is -0.139. The number of carbonyl (C=O) groups excluding carboxylic acids is 1. The normalized spacial score (nSPS) is 11.2. The Labute approximate surface area is 198 Å². The molecule has 3 aromatic carbocycles. The predicted octanol–water partition coefficient (Wildman–Crippen LogP) is 3.31. The van der Waals surface area contributed by atoms with Crippen LogP contribution in [0.25, 0.3) is 0 Å². The number of rotatable bonds is 9. The van der Waals surface area contributed by atoms with Crippen molar-refractivity contribution in [3.63, 3.8) is 0 Å². The summed E-state index contributed by atoms with van der Waals surface area (Å²) in [6.07, 6.45) is 1.36. The fourth-order valence-electron chi connectivity index (χ4n) is 3.09. The second-order valence-corrected chi connectivity index (χ2v) is 7.70. The van der Waals surface area contributed by atoms with Crippen LogP contribution in [0.4, 0.5) is 0 Å². The smallest absolute Gasteiger partial charge is 0.341 e. The highest BCUT2D eigenvalue weighted by Gasteiger charge is 2.39. The van der Waals surface area contributed by atoms with Crippen molar-refractivity contribution in [1.29, 1.82) is 0 Å².